The van der Waals surface area contributed by atoms with Crippen LogP contribution in [0.25, 0.3) is 0 Å². The Kier molecular flexibility index (Phi) is 6.99. The fourth-order valence-electron chi connectivity index (χ4n) is 2.38. The molecule has 7 nitrogen and oxygen atoms in total. The lowest BCUT2D eigenvalue weighted by atomic mass is 10.1. The summed E-state index contributed by atoms with van der Waals surface area (Å²) in [5.74, 6) is -0.893. The third-order valence-electron chi connectivity index (χ3n) is 3.73. The van der Waals surface area contributed by atoms with Crippen LogP contribution in [0.15, 0.2) is 48.5 Å². The molecule has 2 aromatic rings. The molecule has 0 saturated heterocycles. The molecular weight excluding hydrogens is 336 g/mol. The number of anilines is 2. The molecule has 0 radical (unpaired) electrons. The minimum Gasteiger partial charge on any atom is -0.497 e. The van der Waals surface area contributed by atoms with Gasteiger partial charge in [0.05, 0.1) is 18.4 Å². The first kappa shape index (κ1) is 19.3. The first-order chi connectivity index (χ1) is 12.5. The summed E-state index contributed by atoms with van der Waals surface area (Å²) in [5, 5.41) is 15.0. The number of benzene rings is 2. The van der Waals surface area contributed by atoms with Crippen molar-refractivity contribution in [2.45, 2.75) is 12.5 Å². The smallest absolute Gasteiger partial charge is 0.326 e. The molecule has 0 aromatic heterocycles. The Morgan fingerprint density at radius 3 is 2.58 bits per heavy atom. The van der Waals surface area contributed by atoms with E-state index in [2.05, 4.69) is 10.6 Å². The second kappa shape index (κ2) is 9.43. The Labute approximate surface area is 151 Å². The van der Waals surface area contributed by atoms with Crippen molar-refractivity contribution in [3.05, 3.63) is 54.1 Å². The number of rotatable bonds is 9. The molecule has 0 heterocycles. The van der Waals surface area contributed by atoms with Crippen LogP contribution in [0.2, 0.25) is 0 Å². The van der Waals surface area contributed by atoms with Crippen molar-refractivity contribution in [3.63, 3.8) is 0 Å². The van der Waals surface area contributed by atoms with Gasteiger partial charge in [-0.3, -0.25) is 4.79 Å². The topological polar surface area (TPSA) is 96.9 Å². The highest BCUT2D eigenvalue weighted by Gasteiger charge is 2.21. The molecule has 0 aliphatic carbocycles. The number of ether oxygens (including phenoxy) is 2. The monoisotopic (exact) mass is 358 g/mol. The van der Waals surface area contributed by atoms with Gasteiger partial charge < -0.3 is 25.2 Å². The standard InChI is InChI=1S/C19H22N2O5/c1-25-11-10-17(19(23)24)21-18(22)15-8-3-4-9-16(15)20-13-6-5-7-14(12-13)26-2/h3-9,12,17,20H,10-11H2,1-2H3,(H,21,22)(H,23,24). The van der Waals surface area contributed by atoms with E-state index in [0.717, 1.165) is 5.69 Å². The Hall–Kier alpha value is -3.06. The summed E-state index contributed by atoms with van der Waals surface area (Å²) in [5.41, 5.74) is 1.66. The van der Waals surface area contributed by atoms with E-state index in [1.165, 1.54) is 7.11 Å². The first-order valence-corrected chi connectivity index (χ1v) is 8.08. The van der Waals surface area contributed by atoms with Gasteiger partial charge in [0.1, 0.15) is 11.8 Å². The minimum absolute atomic E-state index is 0.184. The van der Waals surface area contributed by atoms with Crippen molar-refractivity contribution < 1.29 is 24.2 Å². The van der Waals surface area contributed by atoms with Crippen LogP contribution >= 0.6 is 0 Å². The van der Waals surface area contributed by atoms with Crippen LogP contribution < -0.4 is 15.4 Å². The molecule has 3 N–H and O–H groups in total. The molecule has 1 unspecified atom stereocenters. The van der Waals surface area contributed by atoms with Crippen molar-refractivity contribution in [3.8, 4) is 5.75 Å². The van der Waals surface area contributed by atoms with E-state index in [9.17, 15) is 14.7 Å². The number of methoxy groups -OCH3 is 2. The van der Waals surface area contributed by atoms with Crippen LogP contribution in [0.4, 0.5) is 11.4 Å². The zero-order valence-electron chi connectivity index (χ0n) is 14.7. The molecule has 0 spiro atoms. The maximum absolute atomic E-state index is 12.6. The van der Waals surface area contributed by atoms with Crippen LogP contribution in [-0.4, -0.2) is 43.9 Å². The maximum atomic E-state index is 12.6. The van der Waals surface area contributed by atoms with Gasteiger partial charge in [0, 0.05) is 31.9 Å². The van der Waals surface area contributed by atoms with Crippen molar-refractivity contribution in [2.24, 2.45) is 0 Å². The van der Waals surface area contributed by atoms with E-state index in [4.69, 9.17) is 9.47 Å². The van der Waals surface area contributed by atoms with Gasteiger partial charge in [-0.1, -0.05) is 18.2 Å². The zero-order valence-corrected chi connectivity index (χ0v) is 14.7. The van der Waals surface area contributed by atoms with Crippen molar-refractivity contribution in [1.29, 1.82) is 0 Å². The van der Waals surface area contributed by atoms with E-state index in [1.807, 2.05) is 18.2 Å². The number of carboxylic acids is 1. The summed E-state index contributed by atoms with van der Waals surface area (Å²) in [4.78, 5) is 23.9. The van der Waals surface area contributed by atoms with Crippen LogP contribution in [0.3, 0.4) is 0 Å². The maximum Gasteiger partial charge on any atom is 0.326 e. The number of hydrogen-bond donors (Lipinski definition) is 3. The zero-order chi connectivity index (χ0) is 18.9. The second-order valence-corrected chi connectivity index (χ2v) is 5.55. The Balaban J connectivity index is 2.18. The molecule has 0 fully saturated rings. The highest BCUT2D eigenvalue weighted by molar-refractivity contribution is 6.01. The van der Waals surface area contributed by atoms with Crippen molar-refractivity contribution in [1.82, 2.24) is 5.32 Å². The third-order valence-corrected chi connectivity index (χ3v) is 3.73. The van der Waals surface area contributed by atoms with Gasteiger partial charge in [-0.05, 0) is 24.3 Å². The molecule has 1 atom stereocenters. The molecule has 2 rings (SSSR count). The van der Waals surface area contributed by atoms with Gasteiger partial charge in [-0.25, -0.2) is 4.79 Å². The molecule has 1 amide bonds. The minimum atomic E-state index is -1.10. The van der Waals surface area contributed by atoms with Gasteiger partial charge in [0.2, 0.25) is 0 Å². The molecule has 7 heteroatoms. The number of para-hydroxylation sites is 1. The summed E-state index contributed by atoms with van der Waals surface area (Å²) < 4.78 is 10.1. The number of hydrogen-bond acceptors (Lipinski definition) is 5. The molecule has 0 saturated carbocycles. The lowest BCUT2D eigenvalue weighted by molar-refractivity contribution is -0.139. The third kappa shape index (κ3) is 5.22. The van der Waals surface area contributed by atoms with Gasteiger partial charge in [-0.2, -0.15) is 0 Å². The van der Waals surface area contributed by atoms with E-state index in [1.54, 1.807) is 37.4 Å². The lowest BCUT2D eigenvalue weighted by Gasteiger charge is -2.16. The van der Waals surface area contributed by atoms with E-state index < -0.39 is 17.9 Å². The molecule has 26 heavy (non-hydrogen) atoms. The van der Waals surface area contributed by atoms with Gasteiger partial charge in [0.15, 0.2) is 0 Å². The average molecular weight is 358 g/mol. The van der Waals surface area contributed by atoms with Crippen LogP contribution in [0, 0.1) is 0 Å². The summed E-state index contributed by atoms with van der Waals surface area (Å²) in [7, 11) is 3.06. The van der Waals surface area contributed by atoms with Crippen LogP contribution in [0.5, 0.6) is 5.75 Å². The van der Waals surface area contributed by atoms with Crippen LogP contribution in [0.1, 0.15) is 16.8 Å². The fraction of sp³-hybridized carbons (Fsp3) is 0.263. The predicted octanol–water partition coefficient (Wildman–Crippen LogP) is 2.66. The normalized spacial score (nSPS) is 11.5. The molecule has 0 aliphatic heterocycles. The number of carbonyl (C=O) groups excluding carboxylic acids is 1. The number of aliphatic carboxylic acids is 1. The first-order valence-electron chi connectivity index (χ1n) is 8.08. The number of amides is 1. The Bertz CT molecular complexity index is 763. The van der Waals surface area contributed by atoms with Crippen molar-refractivity contribution >= 4 is 23.3 Å². The number of nitrogens with one attached hydrogen (secondary N) is 2. The predicted molar refractivity (Wildman–Crippen MR) is 98.1 cm³/mol. The van der Waals surface area contributed by atoms with Gasteiger partial charge in [0.25, 0.3) is 5.91 Å². The molecule has 0 aliphatic rings. The Morgan fingerprint density at radius 1 is 1.12 bits per heavy atom. The highest BCUT2D eigenvalue weighted by atomic mass is 16.5. The SMILES string of the molecule is COCCC(NC(=O)c1ccccc1Nc1cccc(OC)c1)C(=O)O. The Morgan fingerprint density at radius 2 is 1.88 bits per heavy atom. The lowest BCUT2D eigenvalue weighted by Crippen LogP contribution is -2.41. The average Bonchev–Trinajstić information content (AvgIpc) is 2.65. The van der Waals surface area contributed by atoms with Crippen LogP contribution in [-0.2, 0) is 9.53 Å². The highest BCUT2D eigenvalue weighted by Crippen LogP contribution is 2.24. The van der Waals surface area contributed by atoms with E-state index in [-0.39, 0.29) is 13.0 Å². The number of carboxylic acid groups (broad SMARTS) is 1. The quantitative estimate of drug-likeness (QED) is 0.638. The molecule has 0 bridgehead atoms. The molecular formula is C19H22N2O5. The summed E-state index contributed by atoms with van der Waals surface area (Å²) >= 11 is 0. The molecule has 2 aromatic carbocycles. The largest absolute Gasteiger partial charge is 0.497 e. The molecule has 138 valence electrons. The number of carbonyl (C=O) groups is 2. The fourth-order valence-corrected chi connectivity index (χ4v) is 2.38. The summed E-state index contributed by atoms with van der Waals surface area (Å²) in [6, 6.07) is 13.2. The summed E-state index contributed by atoms with van der Waals surface area (Å²) in [6.07, 6.45) is 0.184. The van der Waals surface area contributed by atoms with Gasteiger partial charge >= 0.3 is 5.97 Å². The summed E-state index contributed by atoms with van der Waals surface area (Å²) in [6.45, 7) is 0.237. The second-order valence-electron chi connectivity index (χ2n) is 5.55. The van der Waals surface area contributed by atoms with Crippen molar-refractivity contribution in [2.75, 3.05) is 26.1 Å². The van der Waals surface area contributed by atoms with Gasteiger partial charge in [-0.15, -0.1) is 0 Å². The van der Waals surface area contributed by atoms with E-state index in [0.29, 0.717) is 17.0 Å². The van der Waals surface area contributed by atoms with E-state index >= 15 is 0 Å².